The van der Waals surface area contributed by atoms with Crippen LogP contribution in [0.2, 0.25) is 0 Å². The first-order valence-electron chi connectivity index (χ1n) is 7.08. The van der Waals surface area contributed by atoms with E-state index in [1.54, 1.807) is 19.2 Å². The summed E-state index contributed by atoms with van der Waals surface area (Å²) in [6.07, 6.45) is 1.77. The van der Waals surface area contributed by atoms with Crippen molar-refractivity contribution in [1.82, 2.24) is 9.99 Å². The van der Waals surface area contributed by atoms with Gasteiger partial charge in [0.1, 0.15) is 0 Å². The number of thiocarbonyl (C=S) groups is 1. The number of nitrogens with two attached hydrogens (primary N) is 1. The van der Waals surface area contributed by atoms with Crippen LogP contribution >= 0.6 is 12.2 Å². The highest BCUT2D eigenvalue weighted by atomic mass is 32.1. The van der Waals surface area contributed by atoms with Crippen LogP contribution in [0.1, 0.15) is 19.4 Å². The standard InChI is InChI=1S/C15H16N4O3S/c1-3-19-6-10(8(2)17-18-15(16)23)14(20)9-4-12-13(5-11(9)19)22-7-21-12/h4-6H,3,7H2,1-2H3,(H3,16,18,23)/b17-8+. The molecule has 0 saturated carbocycles. The first kappa shape index (κ1) is 15.3. The van der Waals surface area contributed by atoms with Crippen LogP contribution in [-0.2, 0) is 6.54 Å². The van der Waals surface area contributed by atoms with Crippen LogP contribution in [0.25, 0.3) is 10.9 Å². The summed E-state index contributed by atoms with van der Waals surface area (Å²) in [6, 6.07) is 3.54. The average molecular weight is 332 g/mol. The zero-order valence-corrected chi connectivity index (χ0v) is 13.6. The molecule has 8 heteroatoms. The Kier molecular flexibility index (Phi) is 3.91. The summed E-state index contributed by atoms with van der Waals surface area (Å²) in [5, 5.41) is 4.64. The number of aryl methyl sites for hydroxylation is 1. The fourth-order valence-corrected chi connectivity index (χ4v) is 2.54. The minimum atomic E-state index is -0.131. The van der Waals surface area contributed by atoms with Crippen molar-refractivity contribution < 1.29 is 9.47 Å². The molecule has 1 aromatic heterocycles. The number of hydrogen-bond acceptors (Lipinski definition) is 5. The number of ether oxygens (including phenoxy) is 2. The van der Waals surface area contributed by atoms with Crippen LogP contribution < -0.4 is 26.1 Å². The van der Waals surface area contributed by atoms with Crippen molar-refractivity contribution in [2.24, 2.45) is 10.8 Å². The highest BCUT2D eigenvalue weighted by molar-refractivity contribution is 7.80. The van der Waals surface area contributed by atoms with Gasteiger partial charge in [0.2, 0.25) is 6.79 Å². The van der Waals surface area contributed by atoms with Gasteiger partial charge in [-0.15, -0.1) is 0 Å². The number of nitrogens with zero attached hydrogens (tertiary/aromatic N) is 2. The van der Waals surface area contributed by atoms with Gasteiger partial charge < -0.3 is 19.8 Å². The van der Waals surface area contributed by atoms with Gasteiger partial charge in [0, 0.05) is 18.8 Å². The van der Waals surface area contributed by atoms with Gasteiger partial charge in [0.25, 0.3) is 0 Å². The van der Waals surface area contributed by atoms with Crippen LogP contribution in [-0.4, -0.2) is 22.2 Å². The quantitative estimate of drug-likeness (QED) is 0.500. The molecular weight excluding hydrogens is 316 g/mol. The minimum absolute atomic E-state index is 0.0457. The monoisotopic (exact) mass is 332 g/mol. The zero-order chi connectivity index (χ0) is 16.6. The molecule has 0 fully saturated rings. The molecule has 0 atom stereocenters. The van der Waals surface area contributed by atoms with Crippen molar-refractivity contribution in [3.8, 4) is 11.5 Å². The van der Waals surface area contributed by atoms with Gasteiger partial charge in [0.15, 0.2) is 22.0 Å². The first-order valence-corrected chi connectivity index (χ1v) is 7.49. The Morgan fingerprint density at radius 1 is 1.43 bits per heavy atom. The molecule has 2 heterocycles. The van der Waals surface area contributed by atoms with E-state index in [9.17, 15) is 4.79 Å². The molecular formula is C15H16N4O3S. The summed E-state index contributed by atoms with van der Waals surface area (Å²) in [7, 11) is 0. The molecule has 3 N–H and O–H groups in total. The zero-order valence-electron chi connectivity index (χ0n) is 12.8. The molecule has 7 nitrogen and oxygen atoms in total. The number of nitrogens with one attached hydrogen (secondary N) is 1. The fourth-order valence-electron chi connectivity index (χ4n) is 2.50. The van der Waals surface area contributed by atoms with Crippen molar-refractivity contribution in [3.63, 3.8) is 0 Å². The molecule has 1 aliphatic rings. The molecule has 0 saturated heterocycles. The normalized spacial score (nSPS) is 13.4. The van der Waals surface area contributed by atoms with Gasteiger partial charge in [-0.3, -0.25) is 10.2 Å². The summed E-state index contributed by atoms with van der Waals surface area (Å²) >= 11 is 4.72. The van der Waals surface area contributed by atoms with Gasteiger partial charge in [0.05, 0.1) is 22.2 Å². The van der Waals surface area contributed by atoms with Crippen molar-refractivity contribution in [2.75, 3.05) is 6.79 Å². The Morgan fingerprint density at radius 3 is 2.78 bits per heavy atom. The fraction of sp³-hybridized carbons (Fsp3) is 0.267. The summed E-state index contributed by atoms with van der Waals surface area (Å²) in [6.45, 7) is 4.58. The van der Waals surface area contributed by atoms with Crippen molar-refractivity contribution in [2.45, 2.75) is 20.4 Å². The Morgan fingerprint density at radius 2 is 2.13 bits per heavy atom. The van der Waals surface area contributed by atoms with Crippen LogP contribution in [0.3, 0.4) is 0 Å². The molecule has 23 heavy (non-hydrogen) atoms. The Bertz CT molecular complexity index is 888. The van der Waals surface area contributed by atoms with E-state index in [1.807, 2.05) is 17.6 Å². The molecule has 0 aliphatic carbocycles. The van der Waals surface area contributed by atoms with E-state index >= 15 is 0 Å². The number of benzene rings is 1. The molecule has 0 unspecified atom stereocenters. The van der Waals surface area contributed by atoms with Crippen molar-refractivity contribution in [1.29, 1.82) is 0 Å². The summed E-state index contributed by atoms with van der Waals surface area (Å²) in [5.41, 5.74) is 9.51. The van der Waals surface area contributed by atoms with E-state index in [2.05, 4.69) is 10.5 Å². The van der Waals surface area contributed by atoms with E-state index in [0.717, 1.165) is 5.52 Å². The number of hydrazone groups is 1. The predicted molar refractivity (Wildman–Crippen MR) is 92.1 cm³/mol. The van der Waals surface area contributed by atoms with Gasteiger partial charge in [-0.05, 0) is 32.1 Å². The van der Waals surface area contributed by atoms with Gasteiger partial charge >= 0.3 is 0 Å². The lowest BCUT2D eigenvalue weighted by molar-refractivity contribution is 0.174. The maximum absolute atomic E-state index is 12.8. The van der Waals surface area contributed by atoms with Crippen molar-refractivity contribution in [3.05, 3.63) is 34.1 Å². The lowest BCUT2D eigenvalue weighted by atomic mass is 10.1. The van der Waals surface area contributed by atoms with Crippen molar-refractivity contribution >= 4 is 33.9 Å². The molecule has 0 bridgehead atoms. The lowest BCUT2D eigenvalue weighted by Gasteiger charge is -2.12. The minimum Gasteiger partial charge on any atom is -0.454 e. The van der Waals surface area contributed by atoms with Crippen LogP contribution in [0.4, 0.5) is 0 Å². The number of fused-ring (bicyclic) bond motifs is 2. The highest BCUT2D eigenvalue weighted by Crippen LogP contribution is 2.35. The highest BCUT2D eigenvalue weighted by Gasteiger charge is 2.18. The molecule has 120 valence electrons. The van der Waals surface area contributed by atoms with Crippen LogP contribution in [0.15, 0.2) is 28.2 Å². The molecule has 0 amide bonds. The summed E-state index contributed by atoms with van der Waals surface area (Å²) in [5.74, 6) is 1.22. The smallest absolute Gasteiger partial charge is 0.231 e. The maximum Gasteiger partial charge on any atom is 0.231 e. The van der Waals surface area contributed by atoms with E-state index in [4.69, 9.17) is 27.4 Å². The first-order chi connectivity index (χ1) is 11.0. The van der Waals surface area contributed by atoms with E-state index in [-0.39, 0.29) is 17.3 Å². The second kappa shape index (κ2) is 5.88. The van der Waals surface area contributed by atoms with Crippen LogP contribution in [0.5, 0.6) is 11.5 Å². The van der Waals surface area contributed by atoms with Gasteiger partial charge in [-0.1, -0.05) is 0 Å². The molecule has 0 radical (unpaired) electrons. The van der Waals surface area contributed by atoms with Crippen LogP contribution in [0, 0.1) is 0 Å². The summed E-state index contributed by atoms with van der Waals surface area (Å²) in [4.78, 5) is 12.8. The topological polar surface area (TPSA) is 90.9 Å². The molecule has 1 aliphatic heterocycles. The third-order valence-corrected chi connectivity index (χ3v) is 3.73. The second-order valence-corrected chi connectivity index (χ2v) is 5.49. The molecule has 1 aromatic carbocycles. The lowest BCUT2D eigenvalue weighted by Crippen LogP contribution is -2.26. The Hall–Kier alpha value is -2.61. The SMILES string of the molecule is CCn1cc(/C(C)=N/NC(N)=S)c(=O)c2cc3c(cc21)OCO3. The number of hydrogen-bond donors (Lipinski definition) is 2. The third kappa shape index (κ3) is 2.72. The molecule has 0 spiro atoms. The van der Waals surface area contributed by atoms with Gasteiger partial charge in [-0.2, -0.15) is 5.10 Å². The number of aromatic nitrogens is 1. The Balaban J connectivity index is 2.23. The van der Waals surface area contributed by atoms with E-state index in [0.29, 0.717) is 34.7 Å². The summed E-state index contributed by atoms with van der Waals surface area (Å²) < 4.78 is 12.7. The second-order valence-electron chi connectivity index (χ2n) is 5.05. The average Bonchev–Trinajstić information content (AvgIpc) is 2.99. The maximum atomic E-state index is 12.8. The van der Waals surface area contributed by atoms with E-state index in [1.165, 1.54) is 0 Å². The molecule has 3 rings (SSSR count). The number of pyridine rings is 1. The largest absolute Gasteiger partial charge is 0.454 e. The Labute approximate surface area is 137 Å². The number of rotatable bonds is 3. The molecule has 2 aromatic rings. The predicted octanol–water partition coefficient (Wildman–Crippen LogP) is 1.31. The van der Waals surface area contributed by atoms with E-state index < -0.39 is 0 Å². The third-order valence-electron chi connectivity index (χ3n) is 3.64. The van der Waals surface area contributed by atoms with Gasteiger partial charge in [-0.25, -0.2) is 0 Å².